The molecule has 108 valence electrons. The summed E-state index contributed by atoms with van der Waals surface area (Å²) in [6, 6.07) is 2.05. The predicted octanol–water partition coefficient (Wildman–Crippen LogP) is 3.09. The first-order valence-electron chi connectivity index (χ1n) is 7.13. The third-order valence-corrected chi connectivity index (χ3v) is 3.25. The minimum absolute atomic E-state index is 0.213. The molecule has 4 nitrogen and oxygen atoms in total. The third kappa shape index (κ3) is 5.55. The van der Waals surface area contributed by atoms with Crippen molar-refractivity contribution in [1.29, 1.82) is 0 Å². The third-order valence-electron chi connectivity index (χ3n) is 3.25. The molecule has 4 heteroatoms. The van der Waals surface area contributed by atoms with Gasteiger partial charge in [-0.15, -0.1) is 0 Å². The highest BCUT2D eigenvalue weighted by Gasteiger charge is 2.17. The lowest BCUT2D eigenvalue weighted by Crippen LogP contribution is -2.25. The molecule has 0 spiro atoms. The van der Waals surface area contributed by atoms with Gasteiger partial charge in [0.05, 0.1) is 0 Å². The Bertz CT molecular complexity index is 399. The van der Waals surface area contributed by atoms with Crippen LogP contribution in [0, 0.1) is 12.3 Å². The van der Waals surface area contributed by atoms with Crippen LogP contribution in [0.3, 0.4) is 0 Å². The highest BCUT2D eigenvalue weighted by Crippen LogP contribution is 2.22. The Labute approximate surface area is 117 Å². The lowest BCUT2D eigenvalue weighted by Gasteiger charge is -2.25. The van der Waals surface area contributed by atoms with Crippen molar-refractivity contribution in [2.45, 2.75) is 53.4 Å². The van der Waals surface area contributed by atoms with Crippen LogP contribution in [0.25, 0.3) is 0 Å². The van der Waals surface area contributed by atoms with Crippen molar-refractivity contribution >= 4 is 5.95 Å². The zero-order valence-corrected chi connectivity index (χ0v) is 13.0. The fourth-order valence-corrected chi connectivity index (χ4v) is 1.96. The van der Waals surface area contributed by atoms with Gasteiger partial charge >= 0.3 is 0 Å². The van der Waals surface area contributed by atoms with Gasteiger partial charge in [0.1, 0.15) is 0 Å². The van der Waals surface area contributed by atoms with Crippen molar-refractivity contribution in [2.75, 3.05) is 18.4 Å². The molecule has 0 aliphatic heterocycles. The highest BCUT2D eigenvalue weighted by molar-refractivity contribution is 5.29. The quantitative estimate of drug-likeness (QED) is 0.794. The second-order valence-electron chi connectivity index (χ2n) is 6.32. The molecule has 0 aliphatic rings. The van der Waals surface area contributed by atoms with Crippen LogP contribution in [0.5, 0.6) is 0 Å². The number of nitrogens with one attached hydrogen (secondary N) is 1. The second-order valence-corrected chi connectivity index (χ2v) is 6.32. The van der Waals surface area contributed by atoms with Gasteiger partial charge in [-0.2, -0.15) is 0 Å². The maximum atomic E-state index is 5.57. The normalized spacial score (nSPS) is 11.9. The van der Waals surface area contributed by atoms with Crippen LogP contribution in [0.4, 0.5) is 5.95 Å². The van der Waals surface area contributed by atoms with E-state index in [0.29, 0.717) is 5.92 Å². The van der Waals surface area contributed by atoms with E-state index in [0.717, 1.165) is 43.3 Å². The first-order valence-corrected chi connectivity index (χ1v) is 7.13. The maximum absolute atomic E-state index is 5.57. The molecule has 0 unspecified atom stereocenters. The van der Waals surface area contributed by atoms with E-state index in [9.17, 15) is 0 Å². The van der Waals surface area contributed by atoms with E-state index in [1.807, 2.05) is 6.92 Å². The molecular formula is C15H28N4. The summed E-state index contributed by atoms with van der Waals surface area (Å²) in [6.45, 7) is 12.4. The molecule has 0 saturated heterocycles. The Hall–Kier alpha value is -1.16. The van der Waals surface area contributed by atoms with Gasteiger partial charge in [0.15, 0.2) is 0 Å². The molecule has 19 heavy (non-hydrogen) atoms. The number of aryl methyl sites for hydroxylation is 1. The number of hydrogen-bond donors (Lipinski definition) is 2. The zero-order valence-electron chi connectivity index (χ0n) is 13.0. The molecule has 0 saturated carbocycles. The average molecular weight is 264 g/mol. The van der Waals surface area contributed by atoms with Gasteiger partial charge in [0.25, 0.3) is 0 Å². The summed E-state index contributed by atoms with van der Waals surface area (Å²) >= 11 is 0. The molecule has 0 fully saturated rings. The largest absolute Gasteiger partial charge is 0.354 e. The van der Waals surface area contributed by atoms with Gasteiger partial charge in [-0.1, -0.05) is 27.7 Å². The minimum atomic E-state index is 0.213. The first-order chi connectivity index (χ1) is 8.84. The van der Waals surface area contributed by atoms with Crippen LogP contribution in [0.2, 0.25) is 0 Å². The Kier molecular flexibility index (Phi) is 5.73. The van der Waals surface area contributed by atoms with Crippen molar-refractivity contribution in [3.05, 3.63) is 17.5 Å². The number of nitrogens with zero attached hydrogens (tertiary/aromatic N) is 2. The first kappa shape index (κ1) is 15.9. The Morgan fingerprint density at radius 1 is 1.32 bits per heavy atom. The van der Waals surface area contributed by atoms with E-state index < -0.39 is 0 Å². The van der Waals surface area contributed by atoms with E-state index in [4.69, 9.17) is 5.73 Å². The maximum Gasteiger partial charge on any atom is 0.223 e. The molecular weight excluding hydrogens is 236 g/mol. The van der Waals surface area contributed by atoms with Crippen LogP contribution < -0.4 is 11.1 Å². The lowest BCUT2D eigenvalue weighted by atomic mass is 9.88. The van der Waals surface area contributed by atoms with E-state index in [1.165, 1.54) is 0 Å². The summed E-state index contributed by atoms with van der Waals surface area (Å²) < 4.78 is 0. The Morgan fingerprint density at radius 3 is 2.58 bits per heavy atom. The molecule has 1 aromatic heterocycles. The fraction of sp³-hybridized carbons (Fsp3) is 0.733. The van der Waals surface area contributed by atoms with Crippen LogP contribution >= 0.6 is 0 Å². The molecule has 1 rings (SSSR count). The lowest BCUT2D eigenvalue weighted by molar-refractivity contribution is 0.349. The molecule has 3 N–H and O–H groups in total. The minimum Gasteiger partial charge on any atom is -0.354 e. The van der Waals surface area contributed by atoms with E-state index in [-0.39, 0.29) is 5.41 Å². The summed E-state index contributed by atoms with van der Waals surface area (Å²) in [4.78, 5) is 9.02. The average Bonchev–Trinajstić information content (AvgIpc) is 2.33. The molecule has 0 aliphatic carbocycles. The molecule has 0 amide bonds. The zero-order chi connectivity index (χ0) is 14.5. The number of aromatic nitrogens is 2. The van der Waals surface area contributed by atoms with Crippen LogP contribution in [-0.4, -0.2) is 23.1 Å². The van der Waals surface area contributed by atoms with E-state index in [2.05, 4.69) is 49.0 Å². The van der Waals surface area contributed by atoms with Crippen molar-refractivity contribution in [2.24, 2.45) is 11.1 Å². The number of rotatable bonds is 7. The SMILES string of the molecule is Cc1cc(C(C)C)nc(NCC(C)(C)CCCN)n1. The summed E-state index contributed by atoms with van der Waals surface area (Å²) in [6.07, 6.45) is 2.17. The van der Waals surface area contributed by atoms with Crippen LogP contribution in [-0.2, 0) is 0 Å². The van der Waals surface area contributed by atoms with E-state index in [1.54, 1.807) is 0 Å². The van der Waals surface area contributed by atoms with Gasteiger partial charge in [-0.05, 0) is 43.7 Å². The second kappa shape index (κ2) is 6.85. The predicted molar refractivity (Wildman–Crippen MR) is 81.4 cm³/mol. The molecule has 0 bridgehead atoms. The van der Waals surface area contributed by atoms with Gasteiger partial charge in [0, 0.05) is 17.9 Å². The smallest absolute Gasteiger partial charge is 0.223 e. The summed E-state index contributed by atoms with van der Waals surface area (Å²) in [5, 5.41) is 3.37. The molecule has 1 aromatic rings. The molecule has 0 atom stereocenters. The highest BCUT2D eigenvalue weighted by atomic mass is 15.1. The molecule has 0 radical (unpaired) electrons. The topological polar surface area (TPSA) is 63.8 Å². The number of nitrogens with two attached hydrogens (primary N) is 1. The van der Waals surface area contributed by atoms with Gasteiger partial charge < -0.3 is 11.1 Å². The van der Waals surface area contributed by atoms with Gasteiger partial charge in [-0.3, -0.25) is 0 Å². The standard InChI is InChI=1S/C15H28N4/c1-11(2)13-9-12(3)18-14(19-13)17-10-15(4,5)7-6-8-16/h9,11H,6-8,10,16H2,1-5H3,(H,17,18,19). The van der Waals surface area contributed by atoms with Crippen molar-refractivity contribution in [1.82, 2.24) is 9.97 Å². The summed E-state index contributed by atoms with van der Waals surface area (Å²) in [5.74, 6) is 1.16. The van der Waals surface area contributed by atoms with Crippen molar-refractivity contribution < 1.29 is 0 Å². The monoisotopic (exact) mass is 264 g/mol. The fourth-order valence-electron chi connectivity index (χ4n) is 1.96. The molecule has 0 aromatic carbocycles. The van der Waals surface area contributed by atoms with Crippen LogP contribution in [0.15, 0.2) is 6.07 Å². The van der Waals surface area contributed by atoms with Gasteiger partial charge in [0.2, 0.25) is 5.95 Å². The van der Waals surface area contributed by atoms with Gasteiger partial charge in [-0.25, -0.2) is 9.97 Å². The van der Waals surface area contributed by atoms with E-state index >= 15 is 0 Å². The summed E-state index contributed by atoms with van der Waals surface area (Å²) in [7, 11) is 0. The van der Waals surface area contributed by atoms with Crippen molar-refractivity contribution in [3.8, 4) is 0 Å². The van der Waals surface area contributed by atoms with Crippen molar-refractivity contribution in [3.63, 3.8) is 0 Å². The Morgan fingerprint density at radius 2 is 2.00 bits per heavy atom. The van der Waals surface area contributed by atoms with Crippen LogP contribution in [0.1, 0.15) is 57.8 Å². The Balaban J connectivity index is 2.67. The number of hydrogen-bond acceptors (Lipinski definition) is 4. The molecule has 1 heterocycles. The summed E-state index contributed by atoms with van der Waals surface area (Å²) in [5.41, 5.74) is 7.89. The number of anilines is 1.